The van der Waals surface area contributed by atoms with Crippen LogP contribution in [0.25, 0.3) is 0 Å². The summed E-state index contributed by atoms with van der Waals surface area (Å²) < 4.78 is 0. The van der Waals surface area contributed by atoms with Crippen LogP contribution in [0.1, 0.15) is 0 Å². The number of allylic oxidation sites excluding steroid dienone is 2. The molecule has 2 aliphatic rings. The first-order chi connectivity index (χ1) is 4.97. The number of hydrogen-bond acceptors (Lipinski definition) is 2. The van der Waals surface area contributed by atoms with Crippen LogP contribution in [0.15, 0.2) is 41.7 Å². The smallest absolute Gasteiger partial charge is 0.177 e. The van der Waals surface area contributed by atoms with Crippen LogP contribution in [0.2, 0.25) is 0 Å². The van der Waals surface area contributed by atoms with E-state index in [0.717, 1.165) is 0 Å². The summed E-state index contributed by atoms with van der Waals surface area (Å²) in [6.07, 6.45) is 14.7. The topological polar surface area (TPSA) is 15.6 Å². The zero-order valence-electron chi connectivity index (χ0n) is 5.44. The Hall–Kier alpha value is -1.31. The summed E-state index contributed by atoms with van der Waals surface area (Å²) in [5.74, 6) is 0. The molecule has 0 amide bonds. The van der Waals surface area contributed by atoms with Gasteiger partial charge < -0.3 is 4.90 Å². The molecule has 2 aliphatic heterocycles. The van der Waals surface area contributed by atoms with E-state index in [4.69, 9.17) is 0 Å². The average molecular weight is 131 g/mol. The van der Waals surface area contributed by atoms with Crippen LogP contribution in [0.5, 0.6) is 0 Å². The molecule has 0 saturated carbocycles. The van der Waals surface area contributed by atoms with Crippen molar-refractivity contribution < 1.29 is 0 Å². The maximum absolute atomic E-state index is 3.87. The molecule has 0 spiro atoms. The number of aliphatic imine (C=N–C) groups is 1. The van der Waals surface area contributed by atoms with E-state index in [0.29, 0.717) is 6.04 Å². The number of fused-ring (bicyclic) bond motifs is 1. The number of nitrogens with zero attached hydrogens (tertiary/aromatic N) is 2. The van der Waals surface area contributed by atoms with Gasteiger partial charge >= 0.3 is 0 Å². The highest BCUT2D eigenvalue weighted by molar-refractivity contribution is 5.61. The molecule has 0 bridgehead atoms. The predicted molar refractivity (Wildman–Crippen MR) is 40.5 cm³/mol. The molecule has 1 radical (unpaired) electrons. The maximum atomic E-state index is 3.87. The molecule has 0 N–H and O–H groups in total. The molecule has 10 heavy (non-hydrogen) atoms. The van der Waals surface area contributed by atoms with Gasteiger partial charge in [-0.15, -0.1) is 0 Å². The maximum Gasteiger partial charge on any atom is 0.177 e. The van der Waals surface area contributed by atoms with Crippen LogP contribution < -0.4 is 0 Å². The van der Waals surface area contributed by atoms with E-state index in [9.17, 15) is 0 Å². The molecule has 1 atom stereocenters. The molecule has 0 aromatic rings. The van der Waals surface area contributed by atoms with Crippen molar-refractivity contribution in [3.05, 3.63) is 36.7 Å². The molecular weight excluding hydrogens is 124 g/mol. The normalized spacial score (nSPS) is 27.2. The minimum absolute atomic E-state index is 0.336. The van der Waals surface area contributed by atoms with Gasteiger partial charge in [0.05, 0.1) is 6.04 Å². The third-order valence-electron chi connectivity index (χ3n) is 1.52. The molecule has 2 nitrogen and oxygen atoms in total. The first-order valence-electron chi connectivity index (χ1n) is 3.22. The lowest BCUT2D eigenvalue weighted by molar-refractivity contribution is 0.537. The molecule has 0 saturated heterocycles. The fourth-order valence-electron chi connectivity index (χ4n) is 1.00. The Labute approximate surface area is 59.9 Å². The molecule has 2 rings (SSSR count). The van der Waals surface area contributed by atoms with E-state index in [1.807, 2.05) is 29.3 Å². The van der Waals surface area contributed by atoms with Gasteiger partial charge in [-0.3, -0.25) is 0 Å². The minimum atomic E-state index is 0.336. The summed E-state index contributed by atoms with van der Waals surface area (Å²) in [5.41, 5.74) is 0. The van der Waals surface area contributed by atoms with Crippen LogP contribution in [-0.2, 0) is 0 Å². The summed E-state index contributed by atoms with van der Waals surface area (Å²) >= 11 is 0. The van der Waals surface area contributed by atoms with Crippen molar-refractivity contribution in [3.8, 4) is 0 Å². The summed E-state index contributed by atoms with van der Waals surface area (Å²) in [4.78, 5) is 5.80. The fraction of sp³-hybridized carbons (Fsp3) is 0.125. The third-order valence-corrected chi connectivity index (χ3v) is 1.52. The largest absolute Gasteiger partial charge is 0.319 e. The van der Waals surface area contributed by atoms with Gasteiger partial charge in [0.25, 0.3) is 0 Å². The lowest BCUT2D eigenvalue weighted by atomic mass is 10.2. The predicted octanol–water partition coefficient (Wildman–Crippen LogP) is 1.17. The van der Waals surface area contributed by atoms with Gasteiger partial charge in [-0.05, 0) is 12.2 Å². The van der Waals surface area contributed by atoms with Crippen molar-refractivity contribution in [2.75, 3.05) is 0 Å². The highest BCUT2D eigenvalue weighted by Gasteiger charge is 2.11. The van der Waals surface area contributed by atoms with Crippen molar-refractivity contribution in [2.45, 2.75) is 6.04 Å². The lowest BCUT2D eigenvalue weighted by Gasteiger charge is -2.23. The molecular formula is C8H7N2. The van der Waals surface area contributed by atoms with Gasteiger partial charge in [-0.2, -0.15) is 0 Å². The quantitative estimate of drug-likeness (QED) is 0.482. The second-order valence-corrected chi connectivity index (χ2v) is 2.19. The number of rotatable bonds is 0. The van der Waals surface area contributed by atoms with Crippen LogP contribution in [0.3, 0.4) is 0 Å². The molecule has 0 fully saturated rings. The van der Waals surface area contributed by atoms with Gasteiger partial charge in [-0.1, -0.05) is 12.2 Å². The van der Waals surface area contributed by atoms with Crippen LogP contribution in [0.4, 0.5) is 0 Å². The number of hydrogen-bond donors (Lipinski definition) is 0. The SMILES string of the molecule is [C]1=NC=CC2C=CC=CN12. The Morgan fingerprint density at radius 1 is 1.30 bits per heavy atom. The second kappa shape index (κ2) is 2.14. The second-order valence-electron chi connectivity index (χ2n) is 2.19. The first kappa shape index (κ1) is 5.47. The molecule has 49 valence electrons. The Morgan fingerprint density at radius 2 is 2.30 bits per heavy atom. The van der Waals surface area contributed by atoms with E-state index in [1.165, 1.54) is 0 Å². The van der Waals surface area contributed by atoms with Gasteiger partial charge in [0.15, 0.2) is 6.34 Å². The highest BCUT2D eigenvalue weighted by Crippen LogP contribution is 2.10. The average Bonchev–Trinajstić information content (AvgIpc) is 2.05. The van der Waals surface area contributed by atoms with E-state index in [2.05, 4.69) is 17.4 Å². The Balaban J connectivity index is 2.28. The van der Waals surface area contributed by atoms with Crippen LogP contribution in [-0.4, -0.2) is 17.3 Å². The van der Waals surface area contributed by atoms with E-state index < -0.39 is 0 Å². The summed E-state index contributed by atoms with van der Waals surface area (Å²) in [5, 5.41) is 0. The summed E-state index contributed by atoms with van der Waals surface area (Å²) in [6, 6.07) is 0.336. The zero-order valence-corrected chi connectivity index (χ0v) is 5.44. The van der Waals surface area contributed by atoms with Crippen molar-refractivity contribution in [3.63, 3.8) is 0 Å². The molecule has 0 aliphatic carbocycles. The van der Waals surface area contributed by atoms with Crippen molar-refractivity contribution in [1.29, 1.82) is 0 Å². The van der Waals surface area contributed by atoms with E-state index in [1.54, 1.807) is 6.20 Å². The summed E-state index contributed by atoms with van der Waals surface area (Å²) in [6.45, 7) is 0. The van der Waals surface area contributed by atoms with Crippen molar-refractivity contribution in [1.82, 2.24) is 4.90 Å². The van der Waals surface area contributed by atoms with E-state index >= 15 is 0 Å². The Bertz CT molecular complexity index is 186. The molecule has 1 unspecified atom stereocenters. The summed E-state index contributed by atoms with van der Waals surface area (Å²) in [7, 11) is 0. The van der Waals surface area contributed by atoms with Gasteiger partial charge in [0.2, 0.25) is 0 Å². The molecule has 2 heterocycles. The Morgan fingerprint density at radius 3 is 3.20 bits per heavy atom. The lowest BCUT2D eigenvalue weighted by Crippen LogP contribution is -2.28. The van der Waals surface area contributed by atoms with Crippen LogP contribution in [0, 0.1) is 0 Å². The zero-order chi connectivity index (χ0) is 6.81. The standard InChI is InChI=1S/C8H7N2/c1-2-6-10-7-9-5-4-8(10)3-1/h1-6,8H. The monoisotopic (exact) mass is 131 g/mol. The first-order valence-corrected chi connectivity index (χ1v) is 3.22. The third kappa shape index (κ3) is 0.778. The highest BCUT2D eigenvalue weighted by atomic mass is 15.2. The molecule has 0 aromatic carbocycles. The molecule has 0 aromatic heterocycles. The van der Waals surface area contributed by atoms with E-state index in [-0.39, 0.29) is 0 Å². The van der Waals surface area contributed by atoms with Crippen LogP contribution >= 0.6 is 0 Å². The Kier molecular flexibility index (Phi) is 1.17. The molecule has 2 heteroatoms. The van der Waals surface area contributed by atoms with Crippen molar-refractivity contribution >= 4 is 6.34 Å². The van der Waals surface area contributed by atoms with Gasteiger partial charge in [0.1, 0.15) is 0 Å². The van der Waals surface area contributed by atoms with Gasteiger partial charge in [-0.25, -0.2) is 4.99 Å². The van der Waals surface area contributed by atoms with Gasteiger partial charge in [0, 0.05) is 12.4 Å². The van der Waals surface area contributed by atoms with Crippen molar-refractivity contribution in [2.24, 2.45) is 4.99 Å². The fourth-order valence-corrected chi connectivity index (χ4v) is 1.00. The minimum Gasteiger partial charge on any atom is -0.319 e.